The second-order valence-electron chi connectivity index (χ2n) is 7.62. The van der Waals surface area contributed by atoms with Gasteiger partial charge in [-0.15, -0.1) is 10.2 Å². The molecule has 0 fully saturated rings. The average molecular weight is 409 g/mol. The van der Waals surface area contributed by atoms with Crippen LogP contribution < -0.4 is 0 Å². The van der Waals surface area contributed by atoms with Gasteiger partial charge < -0.3 is 4.90 Å². The summed E-state index contributed by atoms with van der Waals surface area (Å²) in [5.74, 6) is 1.21. The zero-order chi connectivity index (χ0) is 21.0. The molecule has 0 aliphatic heterocycles. The Hall–Kier alpha value is -2.60. The molecule has 0 N–H and O–H groups in total. The molecule has 5 nitrogen and oxygen atoms in total. The second-order valence-corrected chi connectivity index (χ2v) is 8.56. The largest absolute Gasteiger partial charge is 0.337 e. The van der Waals surface area contributed by atoms with Crippen molar-refractivity contribution in [3.8, 4) is 17.1 Å². The van der Waals surface area contributed by atoms with Crippen molar-refractivity contribution in [2.45, 2.75) is 51.9 Å². The van der Waals surface area contributed by atoms with Gasteiger partial charge >= 0.3 is 0 Å². The third kappa shape index (κ3) is 4.88. The number of benzene rings is 2. The minimum absolute atomic E-state index is 0.111. The van der Waals surface area contributed by atoms with E-state index in [2.05, 4.69) is 41.4 Å². The maximum atomic E-state index is 12.8. The van der Waals surface area contributed by atoms with Crippen LogP contribution in [0.2, 0.25) is 0 Å². The summed E-state index contributed by atoms with van der Waals surface area (Å²) in [7, 11) is 0. The molecule has 0 bridgehead atoms. The zero-order valence-electron chi connectivity index (χ0n) is 17.7. The van der Waals surface area contributed by atoms with E-state index in [4.69, 9.17) is 0 Å². The van der Waals surface area contributed by atoms with Crippen LogP contribution in [-0.2, 0) is 4.79 Å². The van der Waals surface area contributed by atoms with Crippen molar-refractivity contribution in [3.05, 3.63) is 60.2 Å². The fraction of sp³-hybridized carbons (Fsp3) is 0.348. The van der Waals surface area contributed by atoms with Gasteiger partial charge in [-0.2, -0.15) is 0 Å². The number of nitrogens with zero attached hydrogens (tertiary/aromatic N) is 4. The Bertz CT molecular complexity index is 941. The van der Waals surface area contributed by atoms with Crippen LogP contribution in [0.15, 0.2) is 59.8 Å². The van der Waals surface area contributed by atoms with Crippen LogP contribution in [0.3, 0.4) is 0 Å². The number of carbonyl (C=O) groups is 1. The minimum atomic E-state index is 0.111. The van der Waals surface area contributed by atoms with Crippen LogP contribution in [0.25, 0.3) is 17.1 Å². The number of rotatable bonds is 7. The van der Waals surface area contributed by atoms with Crippen LogP contribution in [-0.4, -0.2) is 43.4 Å². The molecular formula is C23H28N4OS. The molecule has 3 rings (SSSR count). The zero-order valence-corrected chi connectivity index (χ0v) is 18.5. The SMILES string of the molecule is Cc1ccc(-c2nnc(SCC(=O)N(C(C)C)C(C)C)n2-c2ccccc2)cc1. The van der Waals surface area contributed by atoms with Gasteiger partial charge in [0.25, 0.3) is 0 Å². The maximum absolute atomic E-state index is 12.8. The van der Waals surface area contributed by atoms with E-state index < -0.39 is 0 Å². The fourth-order valence-electron chi connectivity index (χ4n) is 3.44. The minimum Gasteiger partial charge on any atom is -0.337 e. The number of aromatic nitrogens is 3. The topological polar surface area (TPSA) is 51.0 Å². The molecule has 0 saturated carbocycles. The summed E-state index contributed by atoms with van der Waals surface area (Å²) < 4.78 is 2.03. The number of amides is 1. The predicted octanol–water partition coefficient (Wildman–Crippen LogP) is 4.98. The van der Waals surface area contributed by atoms with Crippen LogP contribution in [0.1, 0.15) is 33.3 Å². The maximum Gasteiger partial charge on any atom is 0.233 e. The molecule has 0 saturated heterocycles. The molecule has 2 aromatic carbocycles. The van der Waals surface area contributed by atoms with Crippen LogP contribution in [0.5, 0.6) is 0 Å². The van der Waals surface area contributed by atoms with E-state index in [9.17, 15) is 4.79 Å². The molecule has 0 spiro atoms. The second kappa shape index (κ2) is 9.27. The van der Waals surface area contributed by atoms with Gasteiger partial charge in [0.1, 0.15) is 0 Å². The summed E-state index contributed by atoms with van der Waals surface area (Å²) in [6.45, 7) is 10.2. The van der Waals surface area contributed by atoms with Gasteiger partial charge in [-0.25, -0.2) is 0 Å². The first-order valence-corrected chi connectivity index (χ1v) is 10.9. The van der Waals surface area contributed by atoms with Gasteiger partial charge in [-0.1, -0.05) is 59.8 Å². The summed E-state index contributed by atoms with van der Waals surface area (Å²) in [6, 6.07) is 18.6. The summed E-state index contributed by atoms with van der Waals surface area (Å²) >= 11 is 1.43. The molecule has 0 aliphatic rings. The van der Waals surface area contributed by atoms with Crippen molar-refractivity contribution < 1.29 is 4.79 Å². The van der Waals surface area contributed by atoms with Crippen molar-refractivity contribution in [1.82, 2.24) is 19.7 Å². The smallest absolute Gasteiger partial charge is 0.233 e. The summed E-state index contributed by atoms with van der Waals surface area (Å²) in [5.41, 5.74) is 3.17. The highest BCUT2D eigenvalue weighted by atomic mass is 32.2. The van der Waals surface area contributed by atoms with Gasteiger partial charge in [-0.3, -0.25) is 9.36 Å². The Balaban J connectivity index is 1.93. The van der Waals surface area contributed by atoms with E-state index in [-0.39, 0.29) is 18.0 Å². The lowest BCUT2D eigenvalue weighted by Gasteiger charge is -2.30. The summed E-state index contributed by atoms with van der Waals surface area (Å²) in [5, 5.41) is 9.59. The predicted molar refractivity (Wildman–Crippen MR) is 119 cm³/mol. The number of thioether (sulfide) groups is 1. The van der Waals surface area contributed by atoms with Crippen LogP contribution in [0, 0.1) is 6.92 Å². The van der Waals surface area contributed by atoms with Gasteiger partial charge in [-0.05, 0) is 46.8 Å². The monoisotopic (exact) mass is 408 g/mol. The lowest BCUT2D eigenvalue weighted by Crippen LogP contribution is -2.43. The van der Waals surface area contributed by atoms with E-state index in [0.29, 0.717) is 10.9 Å². The van der Waals surface area contributed by atoms with E-state index in [1.54, 1.807) is 0 Å². The van der Waals surface area contributed by atoms with Crippen molar-refractivity contribution in [2.75, 3.05) is 5.75 Å². The van der Waals surface area contributed by atoms with Gasteiger partial charge in [0.05, 0.1) is 5.75 Å². The van der Waals surface area contributed by atoms with Crippen molar-refractivity contribution in [1.29, 1.82) is 0 Å². The van der Waals surface area contributed by atoms with Crippen LogP contribution in [0.4, 0.5) is 0 Å². The normalized spacial score (nSPS) is 11.3. The lowest BCUT2D eigenvalue weighted by molar-refractivity contribution is -0.131. The Morgan fingerprint density at radius 2 is 1.59 bits per heavy atom. The summed E-state index contributed by atoms with van der Waals surface area (Å²) in [4.78, 5) is 14.7. The first-order valence-electron chi connectivity index (χ1n) is 9.90. The molecule has 6 heteroatoms. The van der Waals surface area contributed by atoms with E-state index in [1.165, 1.54) is 17.3 Å². The summed E-state index contributed by atoms with van der Waals surface area (Å²) in [6.07, 6.45) is 0. The van der Waals surface area contributed by atoms with Crippen molar-refractivity contribution in [2.24, 2.45) is 0 Å². The Morgan fingerprint density at radius 1 is 0.966 bits per heavy atom. The number of carbonyl (C=O) groups excluding carboxylic acids is 1. The molecule has 0 unspecified atom stereocenters. The highest BCUT2D eigenvalue weighted by Crippen LogP contribution is 2.28. The molecule has 152 valence electrons. The number of hydrogen-bond donors (Lipinski definition) is 0. The number of hydrogen-bond acceptors (Lipinski definition) is 4. The quantitative estimate of drug-likeness (QED) is 0.517. The Labute approximate surface area is 177 Å². The third-order valence-corrected chi connectivity index (χ3v) is 5.60. The molecule has 29 heavy (non-hydrogen) atoms. The third-order valence-electron chi connectivity index (χ3n) is 4.68. The lowest BCUT2D eigenvalue weighted by atomic mass is 10.1. The molecule has 3 aromatic rings. The van der Waals surface area contributed by atoms with E-state index >= 15 is 0 Å². The fourth-order valence-corrected chi connectivity index (χ4v) is 4.26. The standard InChI is InChI=1S/C23H28N4OS/c1-16(2)26(17(3)4)21(28)15-29-23-25-24-22(19-13-11-18(5)12-14-19)27(23)20-9-7-6-8-10-20/h6-14,16-17H,15H2,1-5H3. The first kappa shape index (κ1) is 21.1. The van der Waals surface area contributed by atoms with E-state index in [1.807, 2.05) is 67.5 Å². The van der Waals surface area contributed by atoms with Gasteiger partial charge in [0, 0.05) is 23.3 Å². The van der Waals surface area contributed by atoms with Crippen molar-refractivity contribution in [3.63, 3.8) is 0 Å². The highest BCUT2D eigenvalue weighted by Gasteiger charge is 2.22. The van der Waals surface area contributed by atoms with E-state index in [0.717, 1.165) is 17.1 Å². The highest BCUT2D eigenvalue weighted by molar-refractivity contribution is 7.99. The van der Waals surface area contributed by atoms with Gasteiger partial charge in [0.2, 0.25) is 5.91 Å². The van der Waals surface area contributed by atoms with Gasteiger partial charge in [0.15, 0.2) is 11.0 Å². The molecular weight excluding hydrogens is 380 g/mol. The molecule has 0 aliphatic carbocycles. The first-order chi connectivity index (χ1) is 13.9. The van der Waals surface area contributed by atoms with Crippen molar-refractivity contribution >= 4 is 17.7 Å². The average Bonchev–Trinajstić information content (AvgIpc) is 3.11. The molecule has 1 aromatic heterocycles. The molecule has 1 amide bonds. The number of aryl methyl sites for hydroxylation is 1. The molecule has 1 heterocycles. The Morgan fingerprint density at radius 3 is 2.17 bits per heavy atom. The molecule has 0 radical (unpaired) electrons. The Kier molecular flexibility index (Phi) is 6.75. The molecule has 0 atom stereocenters. The number of para-hydroxylation sites is 1. The van der Waals surface area contributed by atoms with Crippen LogP contribution >= 0.6 is 11.8 Å².